The van der Waals surface area contributed by atoms with Crippen LogP contribution in [0, 0.1) is 0 Å². The highest BCUT2D eigenvalue weighted by atomic mass is 16.5. The third-order valence-electron chi connectivity index (χ3n) is 4.62. The van der Waals surface area contributed by atoms with Crippen LogP contribution in [0.3, 0.4) is 0 Å². The van der Waals surface area contributed by atoms with Gasteiger partial charge in [-0.15, -0.1) is 0 Å². The number of rotatable bonds is 6. The molecule has 7 nitrogen and oxygen atoms in total. The first-order chi connectivity index (χ1) is 11.0. The van der Waals surface area contributed by atoms with Crippen molar-refractivity contribution in [3.05, 3.63) is 11.7 Å². The average Bonchev–Trinajstić information content (AvgIpc) is 3.22. The van der Waals surface area contributed by atoms with E-state index in [-0.39, 0.29) is 17.9 Å². The van der Waals surface area contributed by atoms with Gasteiger partial charge in [0.2, 0.25) is 11.8 Å². The van der Waals surface area contributed by atoms with Crippen LogP contribution in [-0.4, -0.2) is 64.1 Å². The van der Waals surface area contributed by atoms with Gasteiger partial charge in [-0.1, -0.05) is 19.0 Å². The maximum atomic E-state index is 12.1. The second-order valence-electron chi connectivity index (χ2n) is 6.97. The third-order valence-corrected chi connectivity index (χ3v) is 4.62. The normalized spacial score (nSPS) is 21.6. The van der Waals surface area contributed by atoms with Crippen molar-refractivity contribution in [2.75, 3.05) is 26.2 Å². The number of nitrogens with one attached hydrogen (secondary N) is 1. The van der Waals surface area contributed by atoms with Crippen LogP contribution in [-0.2, 0) is 11.3 Å². The minimum atomic E-state index is -0.0475. The predicted octanol–water partition coefficient (Wildman–Crippen LogP) is 0.978. The van der Waals surface area contributed by atoms with Crippen LogP contribution in [0.4, 0.5) is 0 Å². The minimum absolute atomic E-state index is 0.0475. The van der Waals surface area contributed by atoms with E-state index in [1.165, 1.54) is 0 Å². The largest absolute Gasteiger partial charge is 0.352 e. The second-order valence-corrected chi connectivity index (χ2v) is 6.97. The van der Waals surface area contributed by atoms with E-state index in [9.17, 15) is 4.79 Å². The summed E-state index contributed by atoms with van der Waals surface area (Å²) in [6.45, 7) is 10.4. The Morgan fingerprint density at radius 2 is 1.96 bits per heavy atom. The van der Waals surface area contributed by atoms with Gasteiger partial charge in [0.15, 0.2) is 5.82 Å². The van der Waals surface area contributed by atoms with E-state index in [4.69, 9.17) is 4.52 Å². The second kappa shape index (κ2) is 6.97. The Kier molecular flexibility index (Phi) is 4.96. The summed E-state index contributed by atoms with van der Waals surface area (Å²) in [6.07, 6.45) is 2.27. The molecule has 0 aromatic carbocycles. The molecule has 1 amide bonds. The molecule has 0 bridgehead atoms. The summed E-state index contributed by atoms with van der Waals surface area (Å²) < 4.78 is 5.31. The lowest BCUT2D eigenvalue weighted by Crippen LogP contribution is -2.53. The molecule has 1 saturated carbocycles. The number of aromatic nitrogens is 2. The van der Waals surface area contributed by atoms with Crippen molar-refractivity contribution >= 4 is 5.91 Å². The van der Waals surface area contributed by atoms with Gasteiger partial charge in [-0.3, -0.25) is 14.6 Å². The third kappa shape index (κ3) is 4.29. The van der Waals surface area contributed by atoms with E-state index in [0.29, 0.717) is 18.5 Å². The molecule has 7 heteroatoms. The zero-order chi connectivity index (χ0) is 16.4. The molecule has 1 atom stereocenters. The van der Waals surface area contributed by atoms with Gasteiger partial charge in [0.25, 0.3) is 0 Å². The van der Waals surface area contributed by atoms with Crippen LogP contribution in [0.1, 0.15) is 51.2 Å². The topological polar surface area (TPSA) is 74.5 Å². The average molecular weight is 321 g/mol. The molecule has 0 spiro atoms. The molecule has 1 aliphatic carbocycles. The van der Waals surface area contributed by atoms with Crippen molar-refractivity contribution in [3.8, 4) is 0 Å². The monoisotopic (exact) mass is 321 g/mol. The standard InChI is InChI=1S/C16H27N5O2/c1-11(2)15-18-14(23-19-15)10-20-6-8-21(9-7-20)12(3)16(22)17-13-4-5-13/h11-13H,4-10H2,1-3H3,(H,17,22)/t12-/m1/s1. The maximum Gasteiger partial charge on any atom is 0.240 e. The van der Waals surface area contributed by atoms with Crippen LogP contribution < -0.4 is 5.32 Å². The Morgan fingerprint density at radius 3 is 2.52 bits per heavy atom. The number of carbonyl (C=O) groups is 1. The molecule has 1 aromatic rings. The van der Waals surface area contributed by atoms with Gasteiger partial charge in [0, 0.05) is 38.1 Å². The summed E-state index contributed by atoms with van der Waals surface area (Å²) in [5.41, 5.74) is 0. The lowest BCUT2D eigenvalue weighted by atomic mass is 10.2. The van der Waals surface area contributed by atoms with E-state index >= 15 is 0 Å². The van der Waals surface area contributed by atoms with Gasteiger partial charge in [-0.25, -0.2) is 0 Å². The van der Waals surface area contributed by atoms with E-state index in [1.54, 1.807) is 0 Å². The van der Waals surface area contributed by atoms with Crippen molar-refractivity contribution in [3.63, 3.8) is 0 Å². The Morgan fingerprint density at radius 1 is 1.26 bits per heavy atom. The molecule has 1 N–H and O–H groups in total. The maximum absolute atomic E-state index is 12.1. The first-order valence-electron chi connectivity index (χ1n) is 8.62. The fraction of sp³-hybridized carbons (Fsp3) is 0.812. The number of nitrogens with zero attached hydrogens (tertiary/aromatic N) is 4. The van der Waals surface area contributed by atoms with Crippen molar-refractivity contribution in [1.29, 1.82) is 0 Å². The Hall–Kier alpha value is -1.47. The van der Waals surface area contributed by atoms with Gasteiger partial charge in [0.05, 0.1) is 12.6 Å². The summed E-state index contributed by atoms with van der Waals surface area (Å²) >= 11 is 0. The Labute approximate surface area is 137 Å². The molecule has 23 heavy (non-hydrogen) atoms. The van der Waals surface area contributed by atoms with Gasteiger partial charge in [-0.2, -0.15) is 4.98 Å². The zero-order valence-electron chi connectivity index (χ0n) is 14.3. The smallest absolute Gasteiger partial charge is 0.240 e. The van der Waals surface area contributed by atoms with E-state index in [1.807, 2.05) is 6.92 Å². The molecule has 1 aromatic heterocycles. The molecule has 2 heterocycles. The molecular formula is C16H27N5O2. The zero-order valence-corrected chi connectivity index (χ0v) is 14.3. The highest BCUT2D eigenvalue weighted by Gasteiger charge is 2.30. The number of hydrogen-bond acceptors (Lipinski definition) is 6. The highest BCUT2D eigenvalue weighted by Crippen LogP contribution is 2.19. The molecule has 0 radical (unpaired) electrons. The Balaban J connectivity index is 1.44. The first kappa shape index (κ1) is 16.4. The van der Waals surface area contributed by atoms with E-state index in [0.717, 1.165) is 44.8 Å². The minimum Gasteiger partial charge on any atom is -0.352 e. The van der Waals surface area contributed by atoms with Crippen molar-refractivity contribution in [2.45, 2.75) is 58.2 Å². The lowest BCUT2D eigenvalue weighted by molar-refractivity contribution is -0.126. The molecule has 1 saturated heterocycles. The van der Waals surface area contributed by atoms with Gasteiger partial charge in [0.1, 0.15) is 0 Å². The van der Waals surface area contributed by atoms with Crippen LogP contribution in [0.25, 0.3) is 0 Å². The summed E-state index contributed by atoms with van der Waals surface area (Å²) in [7, 11) is 0. The molecule has 2 aliphatic rings. The van der Waals surface area contributed by atoms with Gasteiger partial charge >= 0.3 is 0 Å². The van der Waals surface area contributed by atoms with Crippen molar-refractivity contribution < 1.29 is 9.32 Å². The molecule has 0 unspecified atom stereocenters. The fourth-order valence-corrected chi connectivity index (χ4v) is 2.78. The molecule has 128 valence electrons. The van der Waals surface area contributed by atoms with Crippen LogP contribution >= 0.6 is 0 Å². The predicted molar refractivity (Wildman–Crippen MR) is 85.9 cm³/mol. The van der Waals surface area contributed by atoms with Crippen molar-refractivity contribution in [1.82, 2.24) is 25.3 Å². The number of hydrogen-bond donors (Lipinski definition) is 1. The van der Waals surface area contributed by atoms with Crippen LogP contribution in [0.2, 0.25) is 0 Å². The summed E-state index contributed by atoms with van der Waals surface area (Å²) in [6, 6.07) is 0.382. The SMILES string of the molecule is CC(C)c1noc(CN2CCN([C@H](C)C(=O)NC3CC3)CC2)n1. The number of piperazine rings is 1. The fourth-order valence-electron chi connectivity index (χ4n) is 2.78. The molecule has 3 rings (SSSR count). The molecule has 1 aliphatic heterocycles. The first-order valence-corrected chi connectivity index (χ1v) is 8.62. The lowest BCUT2D eigenvalue weighted by Gasteiger charge is -2.36. The quantitative estimate of drug-likeness (QED) is 0.842. The molecule has 2 fully saturated rings. The number of amides is 1. The van der Waals surface area contributed by atoms with E-state index in [2.05, 4.69) is 39.1 Å². The molecular weight excluding hydrogens is 294 g/mol. The van der Waals surface area contributed by atoms with Crippen molar-refractivity contribution in [2.24, 2.45) is 0 Å². The van der Waals surface area contributed by atoms with Gasteiger partial charge in [-0.05, 0) is 19.8 Å². The summed E-state index contributed by atoms with van der Waals surface area (Å²) in [5, 5.41) is 7.09. The van der Waals surface area contributed by atoms with E-state index < -0.39 is 0 Å². The van der Waals surface area contributed by atoms with Gasteiger partial charge < -0.3 is 9.84 Å². The van der Waals surface area contributed by atoms with Crippen LogP contribution in [0.5, 0.6) is 0 Å². The Bertz CT molecular complexity index is 532. The highest BCUT2D eigenvalue weighted by molar-refractivity contribution is 5.81. The summed E-state index contributed by atoms with van der Waals surface area (Å²) in [4.78, 5) is 21.1. The number of carbonyl (C=O) groups excluding carboxylic acids is 1. The van der Waals surface area contributed by atoms with Crippen LogP contribution in [0.15, 0.2) is 4.52 Å². The summed E-state index contributed by atoms with van der Waals surface area (Å²) in [5.74, 6) is 1.90.